The molecule has 0 aliphatic heterocycles. The van der Waals surface area contributed by atoms with Crippen LogP contribution in [0.2, 0.25) is 0 Å². The number of aromatic nitrogens is 2. The molecule has 0 unspecified atom stereocenters. The third kappa shape index (κ3) is 3.88. The van der Waals surface area contributed by atoms with E-state index < -0.39 is 0 Å². The van der Waals surface area contributed by atoms with Crippen LogP contribution in [0.15, 0.2) is 0 Å². The monoisotopic (exact) mass is 264 g/mol. The van der Waals surface area contributed by atoms with Crippen LogP contribution in [0.4, 0.5) is 5.82 Å². The van der Waals surface area contributed by atoms with E-state index in [9.17, 15) is 0 Å². The van der Waals surface area contributed by atoms with E-state index in [1.165, 1.54) is 17.7 Å². The van der Waals surface area contributed by atoms with E-state index in [4.69, 9.17) is 10.5 Å². The lowest BCUT2D eigenvalue weighted by Crippen LogP contribution is -2.12. The van der Waals surface area contributed by atoms with Crippen molar-refractivity contribution in [1.82, 2.24) is 9.97 Å². The molecule has 106 valence electrons. The summed E-state index contributed by atoms with van der Waals surface area (Å²) in [6, 6.07) is 0. The Labute approximate surface area is 115 Å². The van der Waals surface area contributed by atoms with Crippen molar-refractivity contribution in [2.75, 3.05) is 32.1 Å². The Morgan fingerprint density at radius 2 is 2.16 bits per heavy atom. The van der Waals surface area contributed by atoms with Gasteiger partial charge in [0.05, 0.1) is 6.61 Å². The first-order chi connectivity index (χ1) is 9.35. The van der Waals surface area contributed by atoms with Gasteiger partial charge in [-0.25, -0.2) is 9.97 Å². The van der Waals surface area contributed by atoms with Gasteiger partial charge in [-0.2, -0.15) is 0 Å². The zero-order valence-electron chi connectivity index (χ0n) is 11.7. The highest BCUT2D eigenvalue weighted by Crippen LogP contribution is 2.26. The quantitative estimate of drug-likeness (QED) is 0.692. The topological polar surface area (TPSA) is 73.1 Å². The summed E-state index contributed by atoms with van der Waals surface area (Å²) in [5, 5.41) is 3.45. The summed E-state index contributed by atoms with van der Waals surface area (Å²) >= 11 is 0. The van der Waals surface area contributed by atoms with Gasteiger partial charge in [-0.15, -0.1) is 0 Å². The second kappa shape index (κ2) is 7.40. The number of nitrogens with zero attached hydrogens (tertiary/aromatic N) is 2. The molecule has 1 aliphatic carbocycles. The first-order valence-electron chi connectivity index (χ1n) is 7.16. The van der Waals surface area contributed by atoms with Gasteiger partial charge >= 0.3 is 0 Å². The second-order valence-electron chi connectivity index (χ2n) is 4.93. The number of nitrogens with one attached hydrogen (secondary N) is 1. The average Bonchev–Trinajstić information content (AvgIpc) is 2.89. The van der Waals surface area contributed by atoms with Crippen molar-refractivity contribution in [3.8, 4) is 0 Å². The Morgan fingerprint density at radius 1 is 1.26 bits per heavy atom. The number of anilines is 1. The van der Waals surface area contributed by atoms with Crippen LogP contribution < -0.4 is 11.1 Å². The van der Waals surface area contributed by atoms with Crippen LogP contribution in [0.3, 0.4) is 0 Å². The minimum atomic E-state index is 0.672. The SMILES string of the molecule is COCCc1nc2c(c(NCCCCN)n1)CCC2. The minimum Gasteiger partial charge on any atom is -0.384 e. The van der Waals surface area contributed by atoms with Gasteiger partial charge < -0.3 is 15.8 Å². The van der Waals surface area contributed by atoms with E-state index >= 15 is 0 Å². The molecule has 2 rings (SSSR count). The van der Waals surface area contributed by atoms with Crippen molar-refractivity contribution in [2.45, 2.75) is 38.5 Å². The lowest BCUT2D eigenvalue weighted by atomic mass is 10.2. The third-order valence-electron chi connectivity index (χ3n) is 3.43. The predicted octanol–water partition coefficient (Wildman–Crippen LogP) is 1.30. The Balaban J connectivity index is 2.04. The molecule has 1 aliphatic rings. The summed E-state index contributed by atoms with van der Waals surface area (Å²) in [6.07, 6.45) is 6.28. The summed E-state index contributed by atoms with van der Waals surface area (Å²) < 4.78 is 5.10. The van der Waals surface area contributed by atoms with Crippen LogP contribution in [0.25, 0.3) is 0 Å². The first kappa shape index (κ1) is 14.2. The number of fused-ring (bicyclic) bond motifs is 1. The van der Waals surface area contributed by atoms with Crippen molar-refractivity contribution in [1.29, 1.82) is 0 Å². The molecule has 0 amide bonds. The maximum atomic E-state index is 5.51. The first-order valence-corrected chi connectivity index (χ1v) is 7.16. The van der Waals surface area contributed by atoms with Crippen molar-refractivity contribution in [3.05, 3.63) is 17.1 Å². The third-order valence-corrected chi connectivity index (χ3v) is 3.43. The molecule has 1 heterocycles. The molecule has 0 saturated heterocycles. The zero-order chi connectivity index (χ0) is 13.5. The van der Waals surface area contributed by atoms with Crippen LogP contribution in [0.1, 0.15) is 36.3 Å². The Kier molecular flexibility index (Phi) is 5.54. The molecule has 1 aromatic rings. The van der Waals surface area contributed by atoms with Gasteiger partial charge in [0, 0.05) is 31.3 Å². The molecule has 3 N–H and O–H groups in total. The summed E-state index contributed by atoms with van der Waals surface area (Å²) in [5.41, 5.74) is 8.05. The van der Waals surface area contributed by atoms with E-state index in [1.807, 2.05) is 0 Å². The highest BCUT2D eigenvalue weighted by atomic mass is 16.5. The van der Waals surface area contributed by atoms with Gasteiger partial charge in [0.15, 0.2) is 0 Å². The standard InChI is InChI=1S/C14H24N4O/c1-19-10-7-13-17-12-6-4-5-11(12)14(18-13)16-9-3-2-8-15/h2-10,15H2,1H3,(H,16,17,18). The number of nitrogens with two attached hydrogens (primary N) is 1. The maximum Gasteiger partial charge on any atom is 0.133 e. The number of methoxy groups -OCH3 is 1. The lowest BCUT2D eigenvalue weighted by Gasteiger charge is -2.12. The molecule has 0 atom stereocenters. The van der Waals surface area contributed by atoms with Crippen LogP contribution in [-0.4, -0.2) is 36.8 Å². The fourth-order valence-electron chi connectivity index (χ4n) is 2.41. The predicted molar refractivity (Wildman–Crippen MR) is 76.4 cm³/mol. The molecule has 0 saturated carbocycles. The maximum absolute atomic E-state index is 5.51. The molecule has 1 aromatic heterocycles. The Morgan fingerprint density at radius 3 is 2.95 bits per heavy atom. The normalized spacial score (nSPS) is 13.6. The summed E-state index contributed by atoms with van der Waals surface area (Å²) in [6.45, 7) is 2.36. The number of hydrogen-bond acceptors (Lipinski definition) is 5. The van der Waals surface area contributed by atoms with Gasteiger partial charge in [-0.3, -0.25) is 0 Å². The van der Waals surface area contributed by atoms with Gasteiger partial charge in [-0.05, 0) is 38.6 Å². The highest BCUT2D eigenvalue weighted by Gasteiger charge is 2.18. The fourth-order valence-corrected chi connectivity index (χ4v) is 2.41. The van der Waals surface area contributed by atoms with Crippen molar-refractivity contribution >= 4 is 5.82 Å². The average molecular weight is 264 g/mol. The molecular formula is C14H24N4O. The largest absolute Gasteiger partial charge is 0.384 e. The number of hydrogen-bond donors (Lipinski definition) is 2. The number of unbranched alkanes of at least 4 members (excludes halogenated alkanes) is 1. The Bertz CT molecular complexity index is 409. The second-order valence-corrected chi connectivity index (χ2v) is 4.93. The summed E-state index contributed by atoms with van der Waals surface area (Å²) in [7, 11) is 1.71. The highest BCUT2D eigenvalue weighted by molar-refractivity contribution is 5.48. The van der Waals surface area contributed by atoms with Crippen LogP contribution in [0, 0.1) is 0 Å². The van der Waals surface area contributed by atoms with E-state index in [2.05, 4.69) is 15.3 Å². The van der Waals surface area contributed by atoms with Crippen LogP contribution >= 0.6 is 0 Å². The van der Waals surface area contributed by atoms with E-state index in [1.54, 1.807) is 7.11 Å². The minimum absolute atomic E-state index is 0.672. The molecule has 5 heteroatoms. The van der Waals surface area contributed by atoms with E-state index in [0.717, 1.165) is 56.8 Å². The van der Waals surface area contributed by atoms with Gasteiger partial charge in [0.1, 0.15) is 11.6 Å². The van der Waals surface area contributed by atoms with Crippen LogP contribution in [0.5, 0.6) is 0 Å². The smallest absolute Gasteiger partial charge is 0.133 e. The molecular weight excluding hydrogens is 240 g/mol. The molecule has 0 aromatic carbocycles. The molecule has 5 nitrogen and oxygen atoms in total. The number of rotatable bonds is 8. The summed E-state index contributed by atoms with van der Waals surface area (Å²) in [4.78, 5) is 9.29. The van der Waals surface area contributed by atoms with Gasteiger partial charge in [0.25, 0.3) is 0 Å². The molecule has 19 heavy (non-hydrogen) atoms. The number of ether oxygens (including phenoxy) is 1. The Hall–Kier alpha value is -1.20. The van der Waals surface area contributed by atoms with E-state index in [-0.39, 0.29) is 0 Å². The van der Waals surface area contributed by atoms with Gasteiger partial charge in [0.2, 0.25) is 0 Å². The van der Waals surface area contributed by atoms with Gasteiger partial charge in [-0.1, -0.05) is 0 Å². The summed E-state index contributed by atoms with van der Waals surface area (Å²) in [5.74, 6) is 1.93. The van der Waals surface area contributed by atoms with Crippen molar-refractivity contribution < 1.29 is 4.74 Å². The fraction of sp³-hybridized carbons (Fsp3) is 0.714. The molecule has 0 fully saturated rings. The van der Waals surface area contributed by atoms with Crippen molar-refractivity contribution in [2.24, 2.45) is 5.73 Å². The lowest BCUT2D eigenvalue weighted by molar-refractivity contribution is 0.200. The molecule has 0 spiro atoms. The number of aryl methyl sites for hydroxylation is 1. The van der Waals surface area contributed by atoms with Crippen LogP contribution in [-0.2, 0) is 24.0 Å². The molecule has 0 radical (unpaired) electrons. The zero-order valence-corrected chi connectivity index (χ0v) is 11.7. The molecule has 0 bridgehead atoms. The van der Waals surface area contributed by atoms with E-state index in [0.29, 0.717) is 6.61 Å². The van der Waals surface area contributed by atoms with Crippen molar-refractivity contribution in [3.63, 3.8) is 0 Å².